The lowest BCUT2D eigenvalue weighted by Gasteiger charge is -2.16. The first-order chi connectivity index (χ1) is 6.50. The molecule has 0 unspecified atom stereocenters. The molecule has 1 amide bonds. The molecule has 1 heterocycles. The van der Waals surface area contributed by atoms with Gasteiger partial charge in [0.25, 0.3) is 0 Å². The van der Waals surface area contributed by atoms with Gasteiger partial charge in [-0.05, 0) is 6.07 Å². The highest BCUT2D eigenvalue weighted by molar-refractivity contribution is 5.81. The maximum atomic E-state index is 11.5. The van der Waals surface area contributed by atoms with Crippen LogP contribution in [0.3, 0.4) is 0 Å². The average molecular weight is 193 g/mol. The van der Waals surface area contributed by atoms with Gasteiger partial charge in [-0.15, -0.1) is 0 Å². The number of carbonyl (C=O) groups is 1. The number of carbonyl (C=O) groups excluding carboxylic acids is 1. The molecule has 0 aromatic carbocycles. The SMILES string of the molecule is CC(C)(C)C(=O)NCc1ncccn1. The van der Waals surface area contributed by atoms with Crippen LogP contribution in [0.1, 0.15) is 26.6 Å². The normalized spacial score (nSPS) is 11.1. The molecule has 1 rings (SSSR count). The Labute approximate surface area is 83.8 Å². The zero-order valence-electron chi connectivity index (χ0n) is 8.74. The minimum absolute atomic E-state index is 0.00459. The lowest BCUT2D eigenvalue weighted by Crippen LogP contribution is -2.34. The van der Waals surface area contributed by atoms with E-state index in [1.54, 1.807) is 18.5 Å². The minimum Gasteiger partial charge on any atom is -0.348 e. The molecule has 0 saturated carbocycles. The van der Waals surface area contributed by atoms with E-state index in [1.165, 1.54) is 0 Å². The van der Waals surface area contributed by atoms with Crippen LogP contribution in [0.15, 0.2) is 18.5 Å². The monoisotopic (exact) mass is 193 g/mol. The van der Waals surface area contributed by atoms with Crippen molar-refractivity contribution in [2.75, 3.05) is 0 Å². The average Bonchev–Trinajstić information content (AvgIpc) is 2.14. The van der Waals surface area contributed by atoms with Gasteiger partial charge < -0.3 is 5.32 Å². The summed E-state index contributed by atoms with van der Waals surface area (Å²) < 4.78 is 0. The summed E-state index contributed by atoms with van der Waals surface area (Å²) in [5.41, 5.74) is -0.366. The minimum atomic E-state index is -0.366. The zero-order chi connectivity index (χ0) is 10.6. The van der Waals surface area contributed by atoms with Crippen molar-refractivity contribution in [1.82, 2.24) is 15.3 Å². The Hall–Kier alpha value is -1.45. The first-order valence-electron chi connectivity index (χ1n) is 4.54. The molecule has 76 valence electrons. The number of nitrogens with zero attached hydrogens (tertiary/aromatic N) is 2. The molecule has 0 radical (unpaired) electrons. The number of amides is 1. The predicted octanol–water partition coefficient (Wildman–Crippen LogP) is 1.14. The van der Waals surface area contributed by atoms with Crippen LogP contribution < -0.4 is 5.32 Å². The van der Waals surface area contributed by atoms with Crippen LogP contribution in [0.5, 0.6) is 0 Å². The van der Waals surface area contributed by atoms with Crippen LogP contribution >= 0.6 is 0 Å². The van der Waals surface area contributed by atoms with E-state index >= 15 is 0 Å². The van der Waals surface area contributed by atoms with Gasteiger partial charge in [-0.3, -0.25) is 4.79 Å². The Morgan fingerprint density at radius 3 is 2.43 bits per heavy atom. The van der Waals surface area contributed by atoms with E-state index in [4.69, 9.17) is 0 Å². The third kappa shape index (κ3) is 3.12. The fraction of sp³-hybridized carbons (Fsp3) is 0.500. The summed E-state index contributed by atoms with van der Waals surface area (Å²) in [4.78, 5) is 19.5. The van der Waals surface area contributed by atoms with E-state index in [0.717, 1.165) is 0 Å². The highest BCUT2D eigenvalue weighted by Gasteiger charge is 2.20. The van der Waals surface area contributed by atoms with Crippen molar-refractivity contribution >= 4 is 5.91 Å². The molecule has 4 heteroatoms. The van der Waals surface area contributed by atoms with E-state index in [2.05, 4.69) is 15.3 Å². The van der Waals surface area contributed by atoms with Gasteiger partial charge in [0.15, 0.2) is 0 Å². The quantitative estimate of drug-likeness (QED) is 0.766. The fourth-order valence-electron chi connectivity index (χ4n) is 0.846. The maximum absolute atomic E-state index is 11.5. The zero-order valence-corrected chi connectivity index (χ0v) is 8.74. The second kappa shape index (κ2) is 4.17. The highest BCUT2D eigenvalue weighted by Crippen LogP contribution is 2.12. The molecule has 0 fully saturated rings. The van der Waals surface area contributed by atoms with E-state index in [9.17, 15) is 4.79 Å². The summed E-state index contributed by atoms with van der Waals surface area (Å²) in [5, 5.41) is 2.77. The number of aromatic nitrogens is 2. The standard InChI is InChI=1S/C10H15N3O/c1-10(2,3)9(14)13-7-8-11-5-4-6-12-8/h4-6H,7H2,1-3H3,(H,13,14). The van der Waals surface area contributed by atoms with Crippen LogP contribution in [0.25, 0.3) is 0 Å². The molecule has 1 aromatic rings. The predicted molar refractivity (Wildman–Crippen MR) is 53.3 cm³/mol. The van der Waals surface area contributed by atoms with Crippen molar-refractivity contribution in [2.24, 2.45) is 5.41 Å². The summed E-state index contributed by atoms with van der Waals surface area (Å²) in [5.74, 6) is 0.634. The number of rotatable bonds is 2. The number of hydrogen-bond donors (Lipinski definition) is 1. The van der Waals surface area contributed by atoms with Crippen LogP contribution in [-0.4, -0.2) is 15.9 Å². The van der Waals surface area contributed by atoms with Crippen molar-refractivity contribution in [3.63, 3.8) is 0 Å². The van der Waals surface area contributed by atoms with Crippen LogP contribution in [-0.2, 0) is 11.3 Å². The van der Waals surface area contributed by atoms with E-state index in [0.29, 0.717) is 12.4 Å². The lowest BCUT2D eigenvalue weighted by atomic mass is 9.96. The smallest absolute Gasteiger partial charge is 0.225 e. The Bertz CT molecular complexity index is 303. The van der Waals surface area contributed by atoms with E-state index < -0.39 is 0 Å². The van der Waals surface area contributed by atoms with Gasteiger partial charge in [0.2, 0.25) is 5.91 Å². The Morgan fingerprint density at radius 2 is 1.93 bits per heavy atom. The molecule has 4 nitrogen and oxygen atoms in total. The third-order valence-corrected chi connectivity index (χ3v) is 1.71. The Morgan fingerprint density at radius 1 is 1.36 bits per heavy atom. The first kappa shape index (κ1) is 10.6. The fourth-order valence-corrected chi connectivity index (χ4v) is 0.846. The summed E-state index contributed by atoms with van der Waals surface area (Å²) in [6.07, 6.45) is 3.32. The maximum Gasteiger partial charge on any atom is 0.225 e. The third-order valence-electron chi connectivity index (χ3n) is 1.71. The van der Waals surface area contributed by atoms with Gasteiger partial charge >= 0.3 is 0 Å². The van der Waals surface area contributed by atoms with Crippen LogP contribution in [0.4, 0.5) is 0 Å². The van der Waals surface area contributed by atoms with Crippen molar-refractivity contribution in [3.05, 3.63) is 24.3 Å². The molecule has 0 aliphatic rings. The van der Waals surface area contributed by atoms with Crippen molar-refractivity contribution in [3.8, 4) is 0 Å². The summed E-state index contributed by atoms with van der Waals surface area (Å²) in [6.45, 7) is 5.99. The lowest BCUT2D eigenvalue weighted by molar-refractivity contribution is -0.128. The second-order valence-electron chi connectivity index (χ2n) is 4.10. The number of hydrogen-bond acceptors (Lipinski definition) is 3. The van der Waals surface area contributed by atoms with Gasteiger partial charge in [-0.1, -0.05) is 20.8 Å². The molecule has 0 aliphatic carbocycles. The number of nitrogens with one attached hydrogen (secondary N) is 1. The topological polar surface area (TPSA) is 54.9 Å². The molecular weight excluding hydrogens is 178 g/mol. The Kier molecular flexibility index (Phi) is 3.17. The molecule has 0 aliphatic heterocycles. The van der Waals surface area contributed by atoms with E-state index in [-0.39, 0.29) is 11.3 Å². The van der Waals surface area contributed by atoms with Crippen LogP contribution in [0, 0.1) is 5.41 Å². The molecule has 14 heavy (non-hydrogen) atoms. The highest BCUT2D eigenvalue weighted by atomic mass is 16.2. The van der Waals surface area contributed by atoms with Gasteiger partial charge in [0.1, 0.15) is 5.82 Å². The Balaban J connectivity index is 2.46. The van der Waals surface area contributed by atoms with E-state index in [1.807, 2.05) is 20.8 Å². The first-order valence-corrected chi connectivity index (χ1v) is 4.54. The van der Waals surface area contributed by atoms with Crippen molar-refractivity contribution in [2.45, 2.75) is 27.3 Å². The molecule has 0 spiro atoms. The molecule has 0 bridgehead atoms. The molecule has 0 saturated heterocycles. The molecule has 1 N–H and O–H groups in total. The van der Waals surface area contributed by atoms with Gasteiger partial charge in [-0.2, -0.15) is 0 Å². The second-order valence-corrected chi connectivity index (χ2v) is 4.10. The van der Waals surface area contributed by atoms with Gasteiger partial charge in [-0.25, -0.2) is 9.97 Å². The van der Waals surface area contributed by atoms with Gasteiger partial charge in [0.05, 0.1) is 6.54 Å². The van der Waals surface area contributed by atoms with Crippen molar-refractivity contribution < 1.29 is 4.79 Å². The summed E-state index contributed by atoms with van der Waals surface area (Å²) >= 11 is 0. The van der Waals surface area contributed by atoms with Crippen molar-refractivity contribution in [1.29, 1.82) is 0 Å². The summed E-state index contributed by atoms with van der Waals surface area (Å²) in [6, 6.07) is 1.75. The van der Waals surface area contributed by atoms with Crippen LogP contribution in [0.2, 0.25) is 0 Å². The van der Waals surface area contributed by atoms with Gasteiger partial charge in [0, 0.05) is 17.8 Å². The molecule has 0 atom stereocenters. The summed E-state index contributed by atoms with van der Waals surface area (Å²) in [7, 11) is 0. The molecule has 1 aromatic heterocycles. The molecular formula is C10H15N3O. The largest absolute Gasteiger partial charge is 0.348 e.